The number of carbonyl (C=O) groups is 1. The fourth-order valence-electron chi connectivity index (χ4n) is 2.64. The van der Waals surface area contributed by atoms with Gasteiger partial charge in [0.25, 0.3) is 5.91 Å². The number of nitrogens with zero attached hydrogens (tertiary/aromatic N) is 1. The molecule has 5 heteroatoms. The fraction of sp³-hybridized carbons (Fsp3) is 0.235. The van der Waals surface area contributed by atoms with Crippen LogP contribution in [0, 0.1) is 5.82 Å². The van der Waals surface area contributed by atoms with Gasteiger partial charge in [0.15, 0.2) is 0 Å². The molecule has 22 heavy (non-hydrogen) atoms. The summed E-state index contributed by atoms with van der Waals surface area (Å²) in [5.74, 6) is -0.294. The molecule has 4 rings (SSSR count). The number of aromatic nitrogens is 1. The molecule has 0 spiro atoms. The molecule has 1 N–H and O–H groups in total. The fourth-order valence-corrected chi connectivity index (χ4v) is 3.46. The number of rotatable bonds is 4. The quantitative estimate of drug-likeness (QED) is 0.781. The molecule has 1 amide bonds. The molecule has 2 aromatic heterocycles. The highest BCUT2D eigenvalue weighted by Crippen LogP contribution is 2.27. The first kappa shape index (κ1) is 13.5. The third-order valence-corrected chi connectivity index (χ3v) is 4.75. The van der Waals surface area contributed by atoms with Gasteiger partial charge in [-0.25, -0.2) is 4.39 Å². The van der Waals surface area contributed by atoms with Crippen molar-refractivity contribution < 1.29 is 9.18 Å². The van der Waals surface area contributed by atoms with Crippen LogP contribution < -0.4 is 5.32 Å². The van der Waals surface area contributed by atoms with Gasteiger partial charge in [-0.05, 0) is 48.1 Å². The Balaban J connectivity index is 1.73. The molecule has 0 unspecified atom stereocenters. The van der Waals surface area contributed by atoms with Crippen LogP contribution in [-0.4, -0.2) is 16.5 Å². The minimum atomic E-state index is -0.254. The number of fused-ring (bicyclic) bond motifs is 1. The van der Waals surface area contributed by atoms with Crippen molar-refractivity contribution in [3.63, 3.8) is 0 Å². The maximum absolute atomic E-state index is 13.4. The molecule has 1 aliphatic rings. The largest absolute Gasteiger partial charge is 0.348 e. The average molecular weight is 314 g/mol. The van der Waals surface area contributed by atoms with Crippen LogP contribution in [0.25, 0.3) is 10.2 Å². The molecule has 0 bridgehead atoms. The van der Waals surface area contributed by atoms with Crippen LogP contribution in [0.3, 0.4) is 0 Å². The second-order valence-corrected chi connectivity index (χ2v) is 6.61. The number of nitrogens with one attached hydrogen (secondary N) is 1. The lowest BCUT2D eigenvalue weighted by molar-refractivity contribution is 0.0942. The summed E-state index contributed by atoms with van der Waals surface area (Å²) in [6.07, 6.45) is 2.12. The van der Waals surface area contributed by atoms with E-state index in [0.717, 1.165) is 28.6 Å². The van der Waals surface area contributed by atoms with E-state index in [0.29, 0.717) is 18.3 Å². The van der Waals surface area contributed by atoms with Gasteiger partial charge < -0.3 is 9.88 Å². The highest BCUT2D eigenvalue weighted by Gasteiger charge is 2.26. The lowest BCUT2D eigenvalue weighted by Gasteiger charge is -2.10. The van der Waals surface area contributed by atoms with E-state index in [1.54, 1.807) is 17.4 Å². The smallest absolute Gasteiger partial charge is 0.268 e. The van der Waals surface area contributed by atoms with Gasteiger partial charge in [0, 0.05) is 12.6 Å². The molecule has 0 saturated heterocycles. The number of thiophene rings is 1. The van der Waals surface area contributed by atoms with Gasteiger partial charge >= 0.3 is 0 Å². The molecular formula is C17H15FN2OS. The van der Waals surface area contributed by atoms with Crippen LogP contribution in [0.2, 0.25) is 0 Å². The van der Waals surface area contributed by atoms with E-state index in [1.165, 1.54) is 12.1 Å². The number of halogens is 1. The first-order valence-corrected chi connectivity index (χ1v) is 8.21. The van der Waals surface area contributed by atoms with Gasteiger partial charge in [-0.3, -0.25) is 4.79 Å². The van der Waals surface area contributed by atoms with E-state index >= 15 is 0 Å². The Morgan fingerprint density at radius 2 is 2.18 bits per heavy atom. The predicted molar refractivity (Wildman–Crippen MR) is 85.8 cm³/mol. The van der Waals surface area contributed by atoms with Crippen LogP contribution in [0.15, 0.2) is 41.8 Å². The van der Waals surface area contributed by atoms with Crippen molar-refractivity contribution >= 4 is 27.5 Å². The highest BCUT2D eigenvalue weighted by molar-refractivity contribution is 7.17. The molecule has 1 fully saturated rings. The highest BCUT2D eigenvalue weighted by atomic mass is 32.1. The van der Waals surface area contributed by atoms with E-state index in [2.05, 4.69) is 5.32 Å². The SMILES string of the molecule is O=C(NC1CC1)c1cc2sccc2n1Cc1cccc(F)c1. The summed E-state index contributed by atoms with van der Waals surface area (Å²) in [6, 6.07) is 10.8. The Morgan fingerprint density at radius 3 is 2.95 bits per heavy atom. The van der Waals surface area contributed by atoms with Crippen LogP contribution in [0.4, 0.5) is 4.39 Å². The van der Waals surface area contributed by atoms with E-state index in [9.17, 15) is 9.18 Å². The molecule has 1 aromatic carbocycles. The van der Waals surface area contributed by atoms with Crippen molar-refractivity contribution in [2.45, 2.75) is 25.4 Å². The first-order chi connectivity index (χ1) is 10.7. The van der Waals surface area contributed by atoms with Gasteiger partial charge in [-0.1, -0.05) is 12.1 Å². The first-order valence-electron chi connectivity index (χ1n) is 7.33. The zero-order valence-electron chi connectivity index (χ0n) is 11.9. The van der Waals surface area contributed by atoms with E-state index in [1.807, 2.05) is 28.1 Å². The summed E-state index contributed by atoms with van der Waals surface area (Å²) in [7, 11) is 0. The molecule has 0 aliphatic heterocycles. The lowest BCUT2D eigenvalue weighted by Crippen LogP contribution is -2.27. The van der Waals surface area contributed by atoms with Crippen molar-refractivity contribution in [2.24, 2.45) is 0 Å². The van der Waals surface area contributed by atoms with Crippen LogP contribution in [-0.2, 0) is 6.54 Å². The predicted octanol–water partition coefficient (Wildman–Crippen LogP) is 3.78. The van der Waals surface area contributed by atoms with Gasteiger partial charge in [0.1, 0.15) is 11.5 Å². The summed E-state index contributed by atoms with van der Waals surface area (Å²) in [5, 5.41) is 5.04. The van der Waals surface area contributed by atoms with Crippen molar-refractivity contribution in [1.29, 1.82) is 0 Å². The summed E-state index contributed by atoms with van der Waals surface area (Å²) in [6.45, 7) is 0.491. The van der Waals surface area contributed by atoms with Crippen molar-refractivity contribution in [3.8, 4) is 0 Å². The van der Waals surface area contributed by atoms with Gasteiger partial charge in [0.2, 0.25) is 0 Å². The molecule has 1 aliphatic carbocycles. The zero-order valence-corrected chi connectivity index (χ0v) is 12.7. The van der Waals surface area contributed by atoms with Crippen LogP contribution in [0.5, 0.6) is 0 Å². The van der Waals surface area contributed by atoms with Crippen LogP contribution >= 0.6 is 11.3 Å². The normalized spacial score (nSPS) is 14.4. The zero-order chi connectivity index (χ0) is 15.1. The van der Waals surface area contributed by atoms with Gasteiger partial charge in [-0.2, -0.15) is 0 Å². The lowest BCUT2D eigenvalue weighted by atomic mass is 10.2. The monoisotopic (exact) mass is 314 g/mol. The maximum Gasteiger partial charge on any atom is 0.268 e. The van der Waals surface area contributed by atoms with Gasteiger partial charge in [-0.15, -0.1) is 11.3 Å². The molecule has 1 saturated carbocycles. The maximum atomic E-state index is 13.4. The van der Waals surface area contributed by atoms with Crippen molar-refractivity contribution in [2.75, 3.05) is 0 Å². The minimum Gasteiger partial charge on any atom is -0.348 e. The number of hydrogen-bond donors (Lipinski definition) is 1. The number of benzene rings is 1. The molecular weight excluding hydrogens is 299 g/mol. The topological polar surface area (TPSA) is 34.0 Å². The van der Waals surface area contributed by atoms with Crippen LogP contribution in [0.1, 0.15) is 28.9 Å². The Bertz CT molecular complexity index is 847. The summed E-state index contributed by atoms with van der Waals surface area (Å²) >= 11 is 1.61. The number of amides is 1. The summed E-state index contributed by atoms with van der Waals surface area (Å²) in [4.78, 5) is 12.4. The Labute approximate surface area is 131 Å². The third kappa shape index (κ3) is 2.52. The van der Waals surface area contributed by atoms with Crippen molar-refractivity contribution in [3.05, 3.63) is 58.9 Å². The molecule has 112 valence electrons. The average Bonchev–Trinajstić information content (AvgIpc) is 3.07. The third-order valence-electron chi connectivity index (χ3n) is 3.90. The standard InChI is InChI=1S/C17H15FN2OS/c18-12-3-1-2-11(8-12)10-20-14-6-7-22-16(14)9-15(20)17(21)19-13-4-5-13/h1-3,6-9,13H,4-5,10H2,(H,19,21). The molecule has 3 aromatic rings. The second-order valence-electron chi connectivity index (χ2n) is 5.66. The van der Waals surface area contributed by atoms with E-state index in [-0.39, 0.29) is 11.7 Å². The van der Waals surface area contributed by atoms with E-state index in [4.69, 9.17) is 0 Å². The Kier molecular flexibility index (Phi) is 3.22. The van der Waals surface area contributed by atoms with E-state index < -0.39 is 0 Å². The van der Waals surface area contributed by atoms with Crippen molar-refractivity contribution in [1.82, 2.24) is 9.88 Å². The molecule has 0 atom stereocenters. The Morgan fingerprint density at radius 1 is 1.32 bits per heavy atom. The molecule has 3 nitrogen and oxygen atoms in total. The van der Waals surface area contributed by atoms with Gasteiger partial charge in [0.05, 0.1) is 10.2 Å². The molecule has 2 heterocycles. The number of carbonyl (C=O) groups excluding carboxylic acids is 1. The summed E-state index contributed by atoms with van der Waals surface area (Å²) in [5.41, 5.74) is 2.53. The summed E-state index contributed by atoms with van der Waals surface area (Å²) < 4.78 is 16.5. The number of hydrogen-bond acceptors (Lipinski definition) is 2. The minimum absolute atomic E-state index is 0.0395. The second kappa shape index (κ2) is 5.25. The Hall–Kier alpha value is -2.14. The molecule has 0 radical (unpaired) electrons.